The number of hydrogen-bond acceptors (Lipinski definition) is 7. The number of nitrogens with two attached hydrogens (primary N) is 1. The molecule has 0 saturated carbocycles. The Kier molecular flexibility index (Phi) is 4.53. The molecule has 1 aliphatic carbocycles. The molecule has 4 rings (SSSR count). The van der Waals surface area contributed by atoms with E-state index < -0.39 is 17.0 Å². The second-order valence-electron chi connectivity index (χ2n) is 7.60. The molecule has 9 nitrogen and oxygen atoms in total. The quantitative estimate of drug-likeness (QED) is 0.620. The Balaban J connectivity index is 1.79. The largest absolute Gasteiger partial charge is 0.384 e. The molecule has 0 spiro atoms. The summed E-state index contributed by atoms with van der Waals surface area (Å²) in [5, 5.41) is 0.563. The van der Waals surface area contributed by atoms with Crippen molar-refractivity contribution in [3.63, 3.8) is 0 Å². The third kappa shape index (κ3) is 2.94. The van der Waals surface area contributed by atoms with Crippen molar-refractivity contribution in [3.8, 4) is 0 Å². The van der Waals surface area contributed by atoms with Gasteiger partial charge in [-0.15, -0.1) is 11.3 Å². The van der Waals surface area contributed by atoms with Gasteiger partial charge < -0.3 is 5.73 Å². The van der Waals surface area contributed by atoms with Crippen molar-refractivity contribution in [3.05, 3.63) is 53.5 Å². The highest BCUT2D eigenvalue weighted by atomic mass is 32.1. The maximum absolute atomic E-state index is 13.1. The lowest BCUT2D eigenvalue weighted by atomic mass is 9.89. The number of carbonyl (C=O) groups excluding carboxylic acids is 1. The lowest BCUT2D eigenvalue weighted by Crippen LogP contribution is -2.42. The van der Waals surface area contributed by atoms with Gasteiger partial charge in [0.1, 0.15) is 16.2 Å². The molecule has 152 valence electrons. The molecule has 1 unspecified atom stereocenters. The van der Waals surface area contributed by atoms with E-state index in [0.717, 1.165) is 34.0 Å². The summed E-state index contributed by atoms with van der Waals surface area (Å²) in [6, 6.07) is 0. The Hall–Kier alpha value is -3.01. The fourth-order valence-corrected chi connectivity index (χ4v) is 5.18. The molecular weight excluding hydrogens is 394 g/mol. The third-order valence-corrected chi connectivity index (χ3v) is 6.75. The second-order valence-corrected chi connectivity index (χ2v) is 8.68. The Labute approximate surface area is 169 Å². The highest BCUT2D eigenvalue weighted by Crippen LogP contribution is 2.35. The average molecular weight is 415 g/mol. The van der Waals surface area contributed by atoms with Gasteiger partial charge in [0, 0.05) is 19.0 Å². The number of anilines is 1. The van der Waals surface area contributed by atoms with Gasteiger partial charge in [0.15, 0.2) is 5.78 Å². The van der Waals surface area contributed by atoms with Crippen molar-refractivity contribution in [2.24, 2.45) is 20.0 Å². The normalized spacial score (nSPS) is 16.2. The summed E-state index contributed by atoms with van der Waals surface area (Å²) in [6.45, 7) is 1.82. The summed E-state index contributed by atoms with van der Waals surface area (Å²) in [5.74, 6) is -0.282. The van der Waals surface area contributed by atoms with Crippen molar-refractivity contribution in [1.82, 2.24) is 18.7 Å². The molecule has 0 radical (unpaired) electrons. The zero-order valence-corrected chi connectivity index (χ0v) is 17.2. The van der Waals surface area contributed by atoms with Gasteiger partial charge in [0.05, 0.1) is 18.3 Å². The van der Waals surface area contributed by atoms with E-state index in [1.54, 1.807) is 0 Å². The molecule has 0 aromatic carbocycles. The molecule has 2 N–H and O–H groups in total. The maximum Gasteiger partial charge on any atom is 0.332 e. The van der Waals surface area contributed by atoms with Crippen LogP contribution in [0.5, 0.6) is 0 Å². The highest BCUT2D eigenvalue weighted by molar-refractivity contribution is 7.18. The van der Waals surface area contributed by atoms with Gasteiger partial charge in [-0.05, 0) is 30.7 Å². The van der Waals surface area contributed by atoms with Crippen molar-refractivity contribution in [2.45, 2.75) is 32.7 Å². The molecular formula is C19H21N5O4S. The molecule has 1 aliphatic rings. The van der Waals surface area contributed by atoms with Crippen LogP contribution in [0.1, 0.15) is 34.1 Å². The van der Waals surface area contributed by atoms with E-state index in [1.165, 1.54) is 41.2 Å². The molecule has 0 bridgehead atoms. The Morgan fingerprint density at radius 1 is 1.24 bits per heavy atom. The summed E-state index contributed by atoms with van der Waals surface area (Å²) in [5.41, 5.74) is 4.88. The number of aromatic nitrogens is 4. The number of nitrogen functional groups attached to an aromatic ring is 1. The van der Waals surface area contributed by atoms with Crippen LogP contribution in [0.15, 0.2) is 20.7 Å². The minimum absolute atomic E-state index is 0.216. The average Bonchev–Trinajstić information content (AvgIpc) is 3.05. The number of aryl methyl sites for hydroxylation is 1. The first-order valence-corrected chi connectivity index (χ1v) is 10.1. The number of rotatable bonds is 3. The zero-order chi connectivity index (χ0) is 21.0. The van der Waals surface area contributed by atoms with Crippen LogP contribution < -0.4 is 22.5 Å². The molecule has 0 amide bonds. The lowest BCUT2D eigenvalue weighted by molar-refractivity contribution is 0.0968. The van der Waals surface area contributed by atoms with Crippen molar-refractivity contribution in [1.29, 1.82) is 0 Å². The van der Waals surface area contributed by atoms with Crippen LogP contribution in [0.3, 0.4) is 0 Å². The molecule has 29 heavy (non-hydrogen) atoms. The van der Waals surface area contributed by atoms with Gasteiger partial charge in [-0.3, -0.25) is 28.1 Å². The van der Waals surface area contributed by atoms with Crippen molar-refractivity contribution in [2.75, 3.05) is 5.73 Å². The SMILES string of the molecule is CC1CCc2c(sc3ncn(CC(=O)c4c(N)n(C)c(=O)n(C)c4=O)c(=O)c23)C1. The molecule has 0 fully saturated rings. The summed E-state index contributed by atoms with van der Waals surface area (Å²) in [4.78, 5) is 56.5. The number of nitrogens with zero attached hydrogens (tertiary/aromatic N) is 4. The highest BCUT2D eigenvalue weighted by Gasteiger charge is 2.25. The lowest BCUT2D eigenvalue weighted by Gasteiger charge is -2.17. The van der Waals surface area contributed by atoms with Gasteiger partial charge >= 0.3 is 5.69 Å². The van der Waals surface area contributed by atoms with Gasteiger partial charge in [-0.1, -0.05) is 6.92 Å². The number of carbonyl (C=O) groups is 1. The minimum atomic E-state index is -0.778. The standard InChI is InChI=1S/C19H21N5O4S/c1-9-4-5-10-12(6-9)29-16-13(10)18(27)24(8-21-16)7-11(25)14-15(20)22(2)19(28)23(3)17(14)26/h8-9H,4-7,20H2,1-3H3. The molecule has 1 atom stereocenters. The van der Waals surface area contributed by atoms with Gasteiger partial charge in [-0.25, -0.2) is 9.78 Å². The summed E-state index contributed by atoms with van der Waals surface area (Å²) >= 11 is 1.53. The third-order valence-electron chi connectivity index (χ3n) is 5.58. The van der Waals surface area contributed by atoms with Crippen LogP contribution in [0.4, 0.5) is 5.82 Å². The van der Waals surface area contributed by atoms with Crippen LogP contribution in [0, 0.1) is 5.92 Å². The predicted molar refractivity (Wildman–Crippen MR) is 111 cm³/mol. The first kappa shape index (κ1) is 19.3. The fourth-order valence-electron chi connectivity index (χ4n) is 3.83. The summed E-state index contributed by atoms with van der Waals surface area (Å²) in [7, 11) is 2.66. The second kappa shape index (κ2) is 6.80. The fraction of sp³-hybridized carbons (Fsp3) is 0.421. The van der Waals surface area contributed by atoms with Crippen LogP contribution in [-0.4, -0.2) is 24.5 Å². The van der Waals surface area contributed by atoms with Gasteiger partial charge in [0.25, 0.3) is 11.1 Å². The van der Waals surface area contributed by atoms with E-state index in [9.17, 15) is 19.2 Å². The van der Waals surface area contributed by atoms with Crippen molar-refractivity contribution >= 4 is 33.2 Å². The zero-order valence-electron chi connectivity index (χ0n) is 16.4. The molecule has 3 heterocycles. The summed E-state index contributed by atoms with van der Waals surface area (Å²) < 4.78 is 3.07. The first-order chi connectivity index (χ1) is 13.7. The van der Waals surface area contributed by atoms with Crippen LogP contribution in [-0.2, 0) is 33.5 Å². The Morgan fingerprint density at radius 2 is 1.97 bits per heavy atom. The number of thiophene rings is 1. The van der Waals surface area contributed by atoms with Gasteiger partial charge in [-0.2, -0.15) is 0 Å². The van der Waals surface area contributed by atoms with E-state index in [0.29, 0.717) is 16.1 Å². The topological polar surface area (TPSA) is 122 Å². The number of Topliss-reactive ketones (excluding diaryl/α,β-unsaturated/α-hetero) is 1. The van der Waals surface area contributed by atoms with E-state index >= 15 is 0 Å². The molecule has 10 heteroatoms. The summed E-state index contributed by atoms with van der Waals surface area (Å²) in [6.07, 6.45) is 4.09. The first-order valence-electron chi connectivity index (χ1n) is 9.29. The smallest absolute Gasteiger partial charge is 0.332 e. The number of fused-ring (bicyclic) bond motifs is 3. The monoisotopic (exact) mass is 415 g/mol. The van der Waals surface area contributed by atoms with E-state index in [1.807, 2.05) is 0 Å². The molecule has 3 aromatic heterocycles. The van der Waals surface area contributed by atoms with E-state index in [-0.39, 0.29) is 23.5 Å². The number of hydrogen-bond donors (Lipinski definition) is 1. The Bertz CT molecular complexity index is 1340. The van der Waals surface area contributed by atoms with Crippen LogP contribution in [0.25, 0.3) is 10.2 Å². The Morgan fingerprint density at radius 3 is 2.69 bits per heavy atom. The number of ketones is 1. The minimum Gasteiger partial charge on any atom is -0.384 e. The van der Waals surface area contributed by atoms with Crippen LogP contribution >= 0.6 is 11.3 Å². The molecule has 3 aromatic rings. The van der Waals surface area contributed by atoms with E-state index in [2.05, 4.69) is 11.9 Å². The van der Waals surface area contributed by atoms with Crippen molar-refractivity contribution < 1.29 is 4.79 Å². The van der Waals surface area contributed by atoms with E-state index in [4.69, 9.17) is 5.73 Å². The maximum atomic E-state index is 13.1. The molecule has 0 saturated heterocycles. The van der Waals surface area contributed by atoms with Gasteiger partial charge in [0.2, 0.25) is 0 Å². The predicted octanol–water partition coefficient (Wildman–Crippen LogP) is 0.445. The van der Waals surface area contributed by atoms with Crippen LogP contribution in [0.2, 0.25) is 0 Å². The molecule has 0 aliphatic heterocycles.